The van der Waals surface area contributed by atoms with Gasteiger partial charge in [-0.15, -0.1) is 0 Å². The molecule has 0 aliphatic carbocycles. The lowest BCUT2D eigenvalue weighted by Gasteiger charge is -2.39. The summed E-state index contributed by atoms with van der Waals surface area (Å²) in [6.07, 6.45) is 3.24. The van der Waals surface area contributed by atoms with Gasteiger partial charge in [-0.05, 0) is 46.5 Å². The van der Waals surface area contributed by atoms with Gasteiger partial charge in [0, 0.05) is 23.6 Å². The Bertz CT molecular complexity index is 701. The lowest BCUT2D eigenvalue weighted by Crippen LogP contribution is -2.49. The molecule has 4 nitrogen and oxygen atoms in total. The van der Waals surface area contributed by atoms with Gasteiger partial charge in [0.1, 0.15) is 5.60 Å². The van der Waals surface area contributed by atoms with Crippen LogP contribution in [0, 0.1) is 5.92 Å². The average Bonchev–Trinajstić information content (AvgIpc) is 2.82. The van der Waals surface area contributed by atoms with E-state index in [1.807, 2.05) is 37.8 Å². The highest BCUT2D eigenvalue weighted by Gasteiger charge is 2.46. The van der Waals surface area contributed by atoms with Gasteiger partial charge in [0.15, 0.2) is 5.78 Å². The summed E-state index contributed by atoms with van der Waals surface area (Å²) in [5.41, 5.74) is 0.327. The van der Waals surface area contributed by atoms with E-state index >= 15 is 0 Å². The van der Waals surface area contributed by atoms with Gasteiger partial charge in [-0.1, -0.05) is 49.1 Å². The number of ether oxygens (including phenoxy) is 1. The van der Waals surface area contributed by atoms with Crippen LogP contribution in [0.25, 0.3) is 0 Å². The predicted molar refractivity (Wildman–Crippen MR) is 111 cm³/mol. The van der Waals surface area contributed by atoms with Crippen LogP contribution in [0.2, 0.25) is 19.6 Å². The Labute approximate surface area is 164 Å². The minimum Gasteiger partial charge on any atom is -0.444 e. The van der Waals surface area contributed by atoms with E-state index in [4.69, 9.17) is 4.74 Å². The van der Waals surface area contributed by atoms with E-state index in [9.17, 15) is 9.59 Å². The molecule has 1 aromatic rings. The molecule has 3 rings (SSSR count). The van der Waals surface area contributed by atoms with Gasteiger partial charge in [0.2, 0.25) is 0 Å². The quantitative estimate of drug-likeness (QED) is 0.563. The number of hydrogen-bond acceptors (Lipinski definition) is 3. The molecule has 27 heavy (non-hydrogen) atoms. The van der Waals surface area contributed by atoms with Gasteiger partial charge in [-0.2, -0.15) is 0 Å². The predicted octanol–water partition coefficient (Wildman–Crippen LogP) is 4.59. The van der Waals surface area contributed by atoms with E-state index in [-0.39, 0.29) is 29.9 Å². The molecule has 0 N–H and O–H groups in total. The molecule has 5 heteroatoms. The van der Waals surface area contributed by atoms with Crippen molar-refractivity contribution in [2.45, 2.75) is 83.8 Å². The number of amides is 1. The molecule has 0 radical (unpaired) electrons. The van der Waals surface area contributed by atoms with Gasteiger partial charge in [0.05, 0.1) is 8.07 Å². The highest BCUT2D eigenvalue weighted by Crippen LogP contribution is 2.40. The number of hydrogen-bond donors (Lipinski definition) is 0. The van der Waals surface area contributed by atoms with Crippen molar-refractivity contribution in [3.63, 3.8) is 0 Å². The average molecular weight is 388 g/mol. The Morgan fingerprint density at radius 3 is 1.96 bits per heavy atom. The first-order valence-corrected chi connectivity index (χ1v) is 13.6. The van der Waals surface area contributed by atoms with E-state index in [1.165, 1.54) is 5.19 Å². The van der Waals surface area contributed by atoms with Crippen molar-refractivity contribution in [1.29, 1.82) is 0 Å². The molecule has 2 unspecified atom stereocenters. The number of ketones is 1. The molecule has 2 saturated heterocycles. The zero-order chi connectivity index (χ0) is 20.0. The normalized spacial score (nSPS) is 25.4. The fourth-order valence-electron chi connectivity index (χ4n) is 4.37. The topological polar surface area (TPSA) is 46.6 Å². The number of nitrogens with zero attached hydrogens (tertiary/aromatic N) is 1. The van der Waals surface area contributed by atoms with Crippen molar-refractivity contribution in [2.24, 2.45) is 5.92 Å². The monoisotopic (exact) mass is 387 g/mol. The summed E-state index contributed by atoms with van der Waals surface area (Å²) in [4.78, 5) is 27.5. The maximum absolute atomic E-state index is 13.1. The highest BCUT2D eigenvalue weighted by atomic mass is 28.3. The molecule has 1 amide bonds. The van der Waals surface area contributed by atoms with Gasteiger partial charge in [0.25, 0.3) is 0 Å². The van der Waals surface area contributed by atoms with Crippen molar-refractivity contribution in [3.05, 3.63) is 29.8 Å². The van der Waals surface area contributed by atoms with Crippen LogP contribution in [0.5, 0.6) is 0 Å². The number of carbonyl (C=O) groups excluding carboxylic acids is 2. The van der Waals surface area contributed by atoms with Crippen molar-refractivity contribution in [2.75, 3.05) is 0 Å². The molecular formula is C22H33NO3Si. The molecule has 2 heterocycles. The molecule has 0 aromatic heterocycles. The van der Waals surface area contributed by atoms with Crippen LogP contribution in [0.15, 0.2) is 24.3 Å². The van der Waals surface area contributed by atoms with Crippen LogP contribution in [-0.2, 0) is 4.74 Å². The summed E-state index contributed by atoms with van der Waals surface area (Å²) in [6.45, 7) is 12.6. The fraction of sp³-hybridized carbons (Fsp3) is 0.636. The molecule has 2 atom stereocenters. The van der Waals surface area contributed by atoms with Crippen LogP contribution in [0.1, 0.15) is 56.8 Å². The molecule has 0 spiro atoms. The zero-order valence-corrected chi connectivity index (χ0v) is 18.5. The van der Waals surface area contributed by atoms with Gasteiger partial charge in [-0.3, -0.25) is 4.79 Å². The van der Waals surface area contributed by atoms with Gasteiger partial charge in [-0.25, -0.2) is 4.79 Å². The Kier molecular flexibility index (Phi) is 5.28. The molecule has 2 aliphatic heterocycles. The van der Waals surface area contributed by atoms with Crippen LogP contribution in [0.4, 0.5) is 4.79 Å². The van der Waals surface area contributed by atoms with Crippen molar-refractivity contribution in [3.8, 4) is 0 Å². The van der Waals surface area contributed by atoms with Gasteiger partial charge >= 0.3 is 6.09 Å². The maximum Gasteiger partial charge on any atom is 0.410 e. The van der Waals surface area contributed by atoms with E-state index in [0.717, 1.165) is 31.2 Å². The van der Waals surface area contributed by atoms with Crippen molar-refractivity contribution < 1.29 is 14.3 Å². The first-order chi connectivity index (χ1) is 12.5. The van der Waals surface area contributed by atoms with Crippen molar-refractivity contribution in [1.82, 2.24) is 4.90 Å². The van der Waals surface area contributed by atoms with Gasteiger partial charge < -0.3 is 9.64 Å². The van der Waals surface area contributed by atoms with Crippen LogP contribution >= 0.6 is 0 Å². The molecular weight excluding hydrogens is 354 g/mol. The SMILES string of the molecule is CC(C)(C)OC(=O)N1C2CCC1CC(C(=O)c1ccc([Si](C)(C)C)cc1)C2. The largest absolute Gasteiger partial charge is 0.444 e. The summed E-state index contributed by atoms with van der Waals surface area (Å²) < 4.78 is 5.59. The third-order valence-corrected chi connectivity index (χ3v) is 7.81. The number of fused-ring (bicyclic) bond motifs is 2. The Balaban J connectivity index is 1.69. The minimum atomic E-state index is -1.35. The molecule has 2 fully saturated rings. The summed E-state index contributed by atoms with van der Waals surface area (Å²) in [5.74, 6) is 0.247. The number of Topliss-reactive ketones (excluding diaryl/α,β-unsaturated/α-hetero) is 1. The summed E-state index contributed by atoms with van der Waals surface area (Å²) in [6, 6.07) is 8.52. The van der Waals surface area contributed by atoms with Crippen LogP contribution < -0.4 is 5.19 Å². The van der Waals surface area contributed by atoms with Crippen LogP contribution in [0.3, 0.4) is 0 Å². The second kappa shape index (κ2) is 7.08. The summed E-state index contributed by atoms with van der Waals surface area (Å²) >= 11 is 0. The standard InChI is InChI=1S/C22H33NO3Si/c1-22(2,3)26-21(25)23-17-9-10-18(23)14-16(13-17)20(24)15-7-11-19(12-8-15)27(4,5)6/h7-8,11-12,16-18H,9-10,13-14H2,1-6H3. The van der Waals surface area contributed by atoms with Crippen LogP contribution in [-0.4, -0.2) is 42.5 Å². The number of benzene rings is 1. The second-order valence-corrected chi connectivity index (χ2v) is 15.2. The highest BCUT2D eigenvalue weighted by molar-refractivity contribution is 6.88. The number of rotatable bonds is 3. The molecule has 2 bridgehead atoms. The molecule has 2 aliphatic rings. The Hall–Kier alpha value is -1.62. The lowest BCUT2D eigenvalue weighted by atomic mass is 9.85. The second-order valence-electron chi connectivity index (χ2n) is 10.1. The van der Waals surface area contributed by atoms with E-state index in [0.29, 0.717) is 0 Å². The first-order valence-electron chi connectivity index (χ1n) is 10.1. The van der Waals surface area contributed by atoms with E-state index in [2.05, 4.69) is 31.8 Å². The summed E-state index contributed by atoms with van der Waals surface area (Å²) in [7, 11) is -1.35. The van der Waals surface area contributed by atoms with E-state index < -0.39 is 13.7 Å². The fourth-order valence-corrected chi connectivity index (χ4v) is 5.54. The Morgan fingerprint density at radius 2 is 1.52 bits per heavy atom. The van der Waals surface area contributed by atoms with Crippen molar-refractivity contribution >= 4 is 25.1 Å². The lowest BCUT2D eigenvalue weighted by molar-refractivity contribution is 0.00254. The number of piperidine rings is 1. The summed E-state index contributed by atoms with van der Waals surface area (Å²) in [5, 5.41) is 1.37. The first kappa shape index (κ1) is 20.1. The number of carbonyl (C=O) groups is 2. The zero-order valence-electron chi connectivity index (χ0n) is 17.5. The molecule has 148 valence electrons. The third-order valence-electron chi connectivity index (χ3n) is 5.74. The minimum absolute atomic E-state index is 0.0129. The Morgan fingerprint density at radius 1 is 1.00 bits per heavy atom. The smallest absolute Gasteiger partial charge is 0.410 e. The maximum atomic E-state index is 13.1. The van der Waals surface area contributed by atoms with E-state index in [1.54, 1.807) is 0 Å². The molecule has 1 aromatic carbocycles. The molecule has 0 saturated carbocycles. The third kappa shape index (κ3) is 4.45.